The van der Waals surface area contributed by atoms with Crippen molar-refractivity contribution in [2.24, 2.45) is 0 Å². The molecule has 0 aliphatic heterocycles. The third kappa shape index (κ3) is 13.3. The Kier molecular flexibility index (Phi) is 17.8. The molecule has 2 aliphatic rings. The van der Waals surface area contributed by atoms with E-state index in [1.165, 1.54) is 53.5 Å². The van der Waals surface area contributed by atoms with Crippen LogP contribution in [0, 0.1) is 30.6 Å². The van der Waals surface area contributed by atoms with Gasteiger partial charge >= 0.3 is 35.5 Å². The molecule has 2 fully saturated rings. The summed E-state index contributed by atoms with van der Waals surface area (Å²) in [5.41, 5.74) is 11.2. The zero-order valence-electron chi connectivity index (χ0n) is 33.7. The van der Waals surface area contributed by atoms with Crippen molar-refractivity contribution in [2.45, 2.75) is 111 Å². The number of hydrogen-bond acceptors (Lipinski definition) is 4. The topological polar surface area (TPSA) is 73.8 Å². The summed E-state index contributed by atoms with van der Waals surface area (Å²) in [5.74, 6) is 13.1. The van der Waals surface area contributed by atoms with Crippen LogP contribution in [-0.4, -0.2) is 51.5 Å². The summed E-state index contributed by atoms with van der Waals surface area (Å²) in [5, 5.41) is 8.97. The Bertz CT molecular complexity index is 1940. The van der Waals surface area contributed by atoms with E-state index in [0.29, 0.717) is 11.8 Å². The van der Waals surface area contributed by atoms with Crippen molar-refractivity contribution >= 4 is 5.97 Å². The van der Waals surface area contributed by atoms with Crippen LogP contribution in [0.15, 0.2) is 84.9 Å². The third-order valence-corrected chi connectivity index (χ3v) is 10.1. The van der Waals surface area contributed by atoms with E-state index in [1.807, 2.05) is 0 Å². The standard InChI is InChI=1S/C24H27NO2.C24H29N.Na.H2O/c1-4-25(22-13-14-22)16-21-12-9-19(15-23(21)17(2)3)6-5-18-7-10-20(11-8-18)24(26)27;1-5-25(23-14-15-23)17-22-13-12-21(16-24(22)18(2)3)11-10-20-8-6-19(4)7-9-20;;/h7-12,15,17,22H,4,13-14,16H2,1-3H3,(H,26,27);6-9,12-13,16,18,23H,5,14-15,17H2,1-4H3;;1H2/q;;+1;/p-1. The van der Waals surface area contributed by atoms with Crippen LogP contribution in [0.4, 0.5) is 0 Å². The number of nitrogens with zero attached hydrogens (tertiary/aromatic N) is 2. The Morgan fingerprint density at radius 2 is 0.981 bits per heavy atom. The van der Waals surface area contributed by atoms with Gasteiger partial charge in [-0.15, -0.1) is 0 Å². The van der Waals surface area contributed by atoms with E-state index in [4.69, 9.17) is 5.11 Å². The Labute approximate surface area is 347 Å². The predicted molar refractivity (Wildman–Crippen MR) is 218 cm³/mol. The van der Waals surface area contributed by atoms with Gasteiger partial charge in [-0.05, 0) is 140 Å². The first-order valence-electron chi connectivity index (χ1n) is 19.2. The first-order valence-corrected chi connectivity index (χ1v) is 19.2. The fraction of sp³-hybridized carbons (Fsp3) is 0.396. The molecule has 4 aromatic carbocycles. The molecule has 278 valence electrons. The number of hydrogen-bond donors (Lipinski definition) is 1. The SMILES string of the molecule is CCN(Cc1ccc(C#Cc2ccc(C(=O)O)cc2)cc1C(C)C)C1CC1.CCN(Cc1ccc(C#Cc2ccc(C)cc2)cc1C(C)C)C1CC1.[Na+].[OH-]. The zero-order chi connectivity index (χ0) is 37.2. The second-order valence-corrected chi connectivity index (χ2v) is 15.0. The van der Waals surface area contributed by atoms with E-state index in [2.05, 4.69) is 143 Å². The van der Waals surface area contributed by atoms with E-state index in [-0.39, 0.29) is 40.6 Å². The van der Waals surface area contributed by atoms with Crippen molar-refractivity contribution in [1.82, 2.24) is 9.80 Å². The largest absolute Gasteiger partial charge is 1.00 e. The van der Waals surface area contributed by atoms with Crippen molar-refractivity contribution in [3.8, 4) is 23.7 Å². The summed E-state index contributed by atoms with van der Waals surface area (Å²) in [6, 6.07) is 30.0. The molecule has 2 N–H and O–H groups in total. The number of aromatic carboxylic acids is 1. The average Bonchev–Trinajstić information content (AvgIpc) is 4.08. The number of carboxylic acid groups (broad SMARTS) is 1. The van der Waals surface area contributed by atoms with Gasteiger partial charge in [-0.1, -0.05) is 95.1 Å². The summed E-state index contributed by atoms with van der Waals surface area (Å²) in [6.45, 7) is 19.9. The average molecular weight is 733 g/mol. The maximum Gasteiger partial charge on any atom is 1.00 e. The quantitative estimate of drug-likeness (QED) is 0.130. The Hall–Kier alpha value is -3.65. The number of carboxylic acids is 1. The normalized spacial score (nSPS) is 13.2. The third-order valence-electron chi connectivity index (χ3n) is 10.1. The maximum atomic E-state index is 10.9. The van der Waals surface area contributed by atoms with Gasteiger partial charge in [0.1, 0.15) is 0 Å². The van der Waals surface area contributed by atoms with Crippen LogP contribution in [0.3, 0.4) is 0 Å². The minimum atomic E-state index is -0.918. The summed E-state index contributed by atoms with van der Waals surface area (Å²) >= 11 is 0. The molecule has 2 saturated carbocycles. The van der Waals surface area contributed by atoms with E-state index in [1.54, 1.807) is 24.3 Å². The number of carbonyl (C=O) groups is 1. The molecule has 6 heteroatoms. The molecule has 0 saturated heterocycles. The van der Waals surface area contributed by atoms with Gasteiger partial charge in [0.2, 0.25) is 0 Å². The monoisotopic (exact) mass is 732 g/mol. The summed E-state index contributed by atoms with van der Waals surface area (Å²) in [6.07, 6.45) is 5.39. The molecule has 0 aromatic heterocycles. The molecule has 4 aromatic rings. The Morgan fingerprint density at radius 3 is 1.31 bits per heavy atom. The number of benzene rings is 4. The van der Waals surface area contributed by atoms with Crippen molar-refractivity contribution in [1.29, 1.82) is 0 Å². The molecule has 0 spiro atoms. The molecule has 0 radical (unpaired) electrons. The molecule has 0 atom stereocenters. The molecular formula is C48H57N2NaO3. The van der Waals surface area contributed by atoms with Gasteiger partial charge < -0.3 is 10.6 Å². The van der Waals surface area contributed by atoms with Crippen molar-refractivity contribution in [3.63, 3.8) is 0 Å². The summed E-state index contributed by atoms with van der Waals surface area (Å²) in [7, 11) is 0. The summed E-state index contributed by atoms with van der Waals surface area (Å²) in [4.78, 5) is 16.1. The van der Waals surface area contributed by atoms with Gasteiger partial charge in [0.25, 0.3) is 0 Å². The minimum Gasteiger partial charge on any atom is -0.870 e. The van der Waals surface area contributed by atoms with Gasteiger partial charge in [-0.3, -0.25) is 9.80 Å². The van der Waals surface area contributed by atoms with Gasteiger partial charge in [0.05, 0.1) is 5.56 Å². The van der Waals surface area contributed by atoms with Crippen LogP contribution in [0.2, 0.25) is 0 Å². The van der Waals surface area contributed by atoms with Crippen molar-refractivity contribution in [3.05, 3.63) is 141 Å². The van der Waals surface area contributed by atoms with E-state index < -0.39 is 5.97 Å². The van der Waals surface area contributed by atoms with E-state index >= 15 is 0 Å². The Morgan fingerprint density at radius 1 is 0.630 bits per heavy atom. The number of aryl methyl sites for hydroxylation is 1. The van der Waals surface area contributed by atoms with Gasteiger partial charge in [-0.2, -0.15) is 0 Å². The molecule has 0 amide bonds. The smallest absolute Gasteiger partial charge is 0.870 e. The molecule has 5 nitrogen and oxygen atoms in total. The van der Waals surface area contributed by atoms with Crippen LogP contribution in [0.25, 0.3) is 0 Å². The Balaban J connectivity index is 0.000000281. The van der Waals surface area contributed by atoms with Crippen LogP contribution >= 0.6 is 0 Å². The molecule has 0 heterocycles. The van der Waals surface area contributed by atoms with Crippen LogP contribution in [0.1, 0.15) is 139 Å². The van der Waals surface area contributed by atoms with E-state index in [0.717, 1.165) is 60.5 Å². The fourth-order valence-corrected chi connectivity index (χ4v) is 6.65. The molecular weight excluding hydrogens is 676 g/mol. The first kappa shape index (κ1) is 44.7. The summed E-state index contributed by atoms with van der Waals surface area (Å²) < 4.78 is 0. The minimum absolute atomic E-state index is 0. The predicted octanol–water partition coefficient (Wildman–Crippen LogP) is 7.22. The molecule has 6 rings (SSSR count). The second-order valence-electron chi connectivity index (χ2n) is 15.0. The van der Waals surface area contributed by atoms with Gasteiger partial charge in [0.15, 0.2) is 0 Å². The molecule has 0 bridgehead atoms. The van der Waals surface area contributed by atoms with Crippen LogP contribution < -0.4 is 29.6 Å². The maximum absolute atomic E-state index is 10.9. The van der Waals surface area contributed by atoms with E-state index in [9.17, 15) is 4.79 Å². The first-order chi connectivity index (χ1) is 25.0. The molecule has 54 heavy (non-hydrogen) atoms. The van der Waals surface area contributed by atoms with Crippen molar-refractivity contribution < 1.29 is 44.9 Å². The fourth-order valence-electron chi connectivity index (χ4n) is 6.65. The van der Waals surface area contributed by atoms with Crippen LogP contribution in [0.5, 0.6) is 0 Å². The second kappa shape index (κ2) is 21.4. The van der Waals surface area contributed by atoms with Gasteiger partial charge in [-0.25, -0.2) is 4.79 Å². The van der Waals surface area contributed by atoms with Crippen LogP contribution in [-0.2, 0) is 13.1 Å². The van der Waals surface area contributed by atoms with Gasteiger partial charge in [0, 0.05) is 47.4 Å². The molecule has 2 aliphatic carbocycles. The number of rotatable bonds is 11. The zero-order valence-corrected chi connectivity index (χ0v) is 35.7. The molecule has 0 unspecified atom stereocenters. The van der Waals surface area contributed by atoms with Crippen molar-refractivity contribution in [2.75, 3.05) is 13.1 Å².